The molecule has 116 valence electrons. The monoisotopic (exact) mass is 311 g/mol. The number of aryl methyl sites for hydroxylation is 1. The number of carbonyl (C=O) groups excluding carboxylic acids is 1. The van der Waals surface area contributed by atoms with Crippen molar-refractivity contribution in [2.24, 2.45) is 0 Å². The minimum absolute atomic E-state index is 0.165. The standard InChI is InChI=1S/C18H14FNO3/c19-14-8-6-13(7-9-14)16-12-20-17(23-16)10-11-18(21)22-15-4-2-1-3-5-15/h1-9,12H,10-11H2. The summed E-state index contributed by atoms with van der Waals surface area (Å²) in [6.07, 6.45) is 2.07. The van der Waals surface area contributed by atoms with E-state index in [-0.39, 0.29) is 18.2 Å². The van der Waals surface area contributed by atoms with E-state index >= 15 is 0 Å². The third-order valence-electron chi connectivity index (χ3n) is 3.20. The van der Waals surface area contributed by atoms with Gasteiger partial charge >= 0.3 is 5.97 Å². The van der Waals surface area contributed by atoms with Crippen molar-refractivity contribution in [3.63, 3.8) is 0 Å². The normalized spacial score (nSPS) is 10.5. The highest BCUT2D eigenvalue weighted by molar-refractivity contribution is 5.72. The van der Waals surface area contributed by atoms with Crippen LogP contribution in [-0.2, 0) is 11.2 Å². The first-order chi connectivity index (χ1) is 11.2. The van der Waals surface area contributed by atoms with Crippen molar-refractivity contribution < 1.29 is 18.3 Å². The predicted octanol–water partition coefficient (Wildman–Crippen LogP) is 4.02. The molecule has 5 heteroatoms. The Morgan fingerprint density at radius 3 is 2.57 bits per heavy atom. The van der Waals surface area contributed by atoms with E-state index in [1.807, 2.05) is 6.07 Å². The molecule has 3 aromatic rings. The zero-order valence-corrected chi connectivity index (χ0v) is 12.2. The number of rotatable bonds is 5. The van der Waals surface area contributed by atoms with Gasteiger partial charge in [-0.3, -0.25) is 4.79 Å². The lowest BCUT2D eigenvalue weighted by Crippen LogP contribution is -2.08. The van der Waals surface area contributed by atoms with E-state index < -0.39 is 0 Å². The first-order valence-corrected chi connectivity index (χ1v) is 7.17. The van der Waals surface area contributed by atoms with Crippen LogP contribution in [-0.4, -0.2) is 11.0 Å². The highest BCUT2D eigenvalue weighted by Crippen LogP contribution is 2.21. The van der Waals surface area contributed by atoms with Crippen LogP contribution in [0.25, 0.3) is 11.3 Å². The van der Waals surface area contributed by atoms with Crippen molar-refractivity contribution in [3.05, 3.63) is 72.5 Å². The second kappa shape index (κ2) is 6.87. The summed E-state index contributed by atoms with van der Waals surface area (Å²) in [6.45, 7) is 0. The van der Waals surface area contributed by atoms with Gasteiger partial charge in [-0.1, -0.05) is 18.2 Å². The molecule has 0 radical (unpaired) electrons. The molecule has 0 aliphatic heterocycles. The van der Waals surface area contributed by atoms with E-state index in [1.54, 1.807) is 42.6 Å². The van der Waals surface area contributed by atoms with Crippen LogP contribution in [0.1, 0.15) is 12.3 Å². The Labute approximate surface area is 132 Å². The lowest BCUT2D eigenvalue weighted by Gasteiger charge is -2.02. The molecule has 0 saturated heterocycles. The van der Waals surface area contributed by atoms with E-state index in [1.165, 1.54) is 12.1 Å². The molecule has 0 bridgehead atoms. The number of benzene rings is 2. The van der Waals surface area contributed by atoms with Crippen molar-refractivity contribution >= 4 is 5.97 Å². The molecule has 1 aromatic heterocycles. The molecular formula is C18H14FNO3. The van der Waals surface area contributed by atoms with Gasteiger partial charge in [-0.05, 0) is 36.4 Å². The van der Waals surface area contributed by atoms with Crippen molar-refractivity contribution in [2.45, 2.75) is 12.8 Å². The second-order valence-electron chi connectivity index (χ2n) is 4.91. The Morgan fingerprint density at radius 2 is 1.83 bits per heavy atom. The molecule has 0 fully saturated rings. The molecule has 0 saturated carbocycles. The summed E-state index contributed by atoms with van der Waals surface area (Å²) in [5.74, 6) is 0.831. The van der Waals surface area contributed by atoms with Gasteiger partial charge < -0.3 is 9.15 Å². The number of hydrogen-bond donors (Lipinski definition) is 0. The van der Waals surface area contributed by atoms with E-state index in [4.69, 9.17) is 9.15 Å². The molecule has 0 unspecified atom stereocenters. The van der Waals surface area contributed by atoms with Gasteiger partial charge in [0.05, 0.1) is 12.6 Å². The molecule has 0 amide bonds. The van der Waals surface area contributed by atoms with Crippen LogP contribution < -0.4 is 4.74 Å². The smallest absolute Gasteiger partial charge is 0.311 e. The summed E-state index contributed by atoms with van der Waals surface area (Å²) in [6, 6.07) is 14.8. The maximum atomic E-state index is 12.9. The van der Waals surface area contributed by atoms with Gasteiger partial charge in [0.2, 0.25) is 0 Å². The fraction of sp³-hybridized carbons (Fsp3) is 0.111. The van der Waals surface area contributed by atoms with Gasteiger partial charge in [0.15, 0.2) is 11.7 Å². The van der Waals surface area contributed by atoms with Crippen molar-refractivity contribution in [2.75, 3.05) is 0 Å². The van der Waals surface area contributed by atoms with Crippen LogP contribution >= 0.6 is 0 Å². The lowest BCUT2D eigenvalue weighted by molar-refractivity contribution is -0.134. The van der Waals surface area contributed by atoms with Crippen LogP contribution in [0.3, 0.4) is 0 Å². The highest BCUT2D eigenvalue weighted by Gasteiger charge is 2.10. The van der Waals surface area contributed by atoms with Crippen LogP contribution in [0, 0.1) is 5.82 Å². The number of ether oxygens (including phenoxy) is 1. The number of esters is 1. The van der Waals surface area contributed by atoms with E-state index in [0.717, 1.165) is 5.56 Å². The average molecular weight is 311 g/mol. The molecule has 23 heavy (non-hydrogen) atoms. The molecule has 0 aliphatic rings. The lowest BCUT2D eigenvalue weighted by atomic mass is 10.2. The summed E-state index contributed by atoms with van der Waals surface area (Å²) >= 11 is 0. The first-order valence-electron chi connectivity index (χ1n) is 7.17. The quantitative estimate of drug-likeness (QED) is 0.527. The molecule has 0 aliphatic carbocycles. The number of halogens is 1. The minimum Gasteiger partial charge on any atom is -0.441 e. The number of aromatic nitrogens is 1. The van der Waals surface area contributed by atoms with Gasteiger partial charge in [0.1, 0.15) is 11.6 Å². The van der Waals surface area contributed by atoms with Crippen molar-refractivity contribution in [1.82, 2.24) is 4.98 Å². The van der Waals surface area contributed by atoms with Crippen LogP contribution in [0.15, 0.2) is 65.2 Å². The third-order valence-corrected chi connectivity index (χ3v) is 3.20. The summed E-state index contributed by atoms with van der Waals surface area (Å²) in [4.78, 5) is 15.9. The Kier molecular flexibility index (Phi) is 4.47. The topological polar surface area (TPSA) is 52.3 Å². The van der Waals surface area contributed by atoms with Crippen molar-refractivity contribution in [1.29, 1.82) is 0 Å². The highest BCUT2D eigenvalue weighted by atomic mass is 19.1. The molecule has 4 nitrogen and oxygen atoms in total. The Morgan fingerprint density at radius 1 is 1.09 bits per heavy atom. The summed E-state index contributed by atoms with van der Waals surface area (Å²) in [7, 11) is 0. The molecule has 1 heterocycles. The molecular weight excluding hydrogens is 297 g/mol. The van der Waals surface area contributed by atoms with Crippen LogP contribution in [0.4, 0.5) is 4.39 Å². The van der Waals surface area contributed by atoms with Gasteiger partial charge in [0.25, 0.3) is 0 Å². The average Bonchev–Trinajstić information content (AvgIpc) is 3.04. The number of para-hydroxylation sites is 1. The minimum atomic E-state index is -0.349. The molecule has 2 aromatic carbocycles. The first kappa shape index (κ1) is 15.0. The third kappa shape index (κ3) is 4.03. The van der Waals surface area contributed by atoms with Crippen molar-refractivity contribution in [3.8, 4) is 17.1 Å². The summed E-state index contributed by atoms with van der Waals surface area (Å²) in [5.41, 5.74) is 0.733. The van der Waals surface area contributed by atoms with Gasteiger partial charge in [-0.2, -0.15) is 0 Å². The van der Waals surface area contributed by atoms with E-state index in [9.17, 15) is 9.18 Å². The fourth-order valence-corrected chi connectivity index (χ4v) is 2.05. The SMILES string of the molecule is O=C(CCc1ncc(-c2ccc(F)cc2)o1)Oc1ccccc1. The predicted molar refractivity (Wildman–Crippen MR) is 82.3 cm³/mol. The molecule has 3 rings (SSSR count). The zero-order chi connectivity index (χ0) is 16.1. The summed E-state index contributed by atoms with van der Waals surface area (Å²) in [5, 5.41) is 0. The largest absolute Gasteiger partial charge is 0.441 e. The van der Waals surface area contributed by atoms with E-state index in [2.05, 4.69) is 4.98 Å². The molecule has 0 atom stereocenters. The number of nitrogens with zero attached hydrogens (tertiary/aromatic N) is 1. The Hall–Kier alpha value is -2.95. The maximum absolute atomic E-state index is 12.9. The number of carbonyl (C=O) groups is 1. The second-order valence-corrected chi connectivity index (χ2v) is 4.91. The Balaban J connectivity index is 1.57. The van der Waals surface area contributed by atoms with Crippen LogP contribution in [0.2, 0.25) is 0 Å². The van der Waals surface area contributed by atoms with Gasteiger partial charge in [-0.15, -0.1) is 0 Å². The zero-order valence-electron chi connectivity index (χ0n) is 12.2. The van der Waals surface area contributed by atoms with E-state index in [0.29, 0.717) is 23.8 Å². The molecule has 0 spiro atoms. The number of oxazole rings is 1. The fourth-order valence-electron chi connectivity index (χ4n) is 2.05. The van der Waals surface area contributed by atoms with Crippen LogP contribution in [0.5, 0.6) is 5.75 Å². The number of hydrogen-bond acceptors (Lipinski definition) is 4. The Bertz CT molecular complexity index is 782. The summed E-state index contributed by atoms with van der Waals surface area (Å²) < 4.78 is 23.7. The maximum Gasteiger partial charge on any atom is 0.311 e. The van der Waals surface area contributed by atoms with Gasteiger partial charge in [0, 0.05) is 12.0 Å². The molecule has 0 N–H and O–H groups in total. The van der Waals surface area contributed by atoms with Gasteiger partial charge in [-0.25, -0.2) is 9.37 Å².